The van der Waals surface area contributed by atoms with Crippen molar-refractivity contribution in [3.05, 3.63) is 0 Å². The quantitative estimate of drug-likeness (QED) is 0.767. The molecule has 4 nitrogen and oxygen atoms in total. The zero-order valence-corrected chi connectivity index (χ0v) is 10.8. The molecule has 1 aliphatic heterocycles. The van der Waals surface area contributed by atoms with Crippen molar-refractivity contribution in [1.29, 1.82) is 0 Å². The van der Waals surface area contributed by atoms with Gasteiger partial charge in [-0.3, -0.25) is 9.59 Å². The van der Waals surface area contributed by atoms with E-state index >= 15 is 0 Å². The summed E-state index contributed by atoms with van der Waals surface area (Å²) in [6.45, 7) is 3.73. The highest BCUT2D eigenvalue weighted by molar-refractivity contribution is 5.76. The van der Waals surface area contributed by atoms with Gasteiger partial charge < -0.3 is 10.6 Å². The Labute approximate surface area is 104 Å². The molecule has 17 heavy (non-hydrogen) atoms. The van der Waals surface area contributed by atoms with E-state index in [1.54, 1.807) is 0 Å². The minimum absolute atomic E-state index is 0.244. The average Bonchev–Trinajstić information content (AvgIpc) is 2.42. The number of rotatable bonds is 6. The highest BCUT2D eigenvalue weighted by atomic mass is 16.2. The second-order valence-electron chi connectivity index (χ2n) is 4.96. The molecule has 0 aromatic rings. The van der Waals surface area contributed by atoms with Crippen molar-refractivity contribution in [2.45, 2.75) is 51.9 Å². The molecule has 0 radical (unpaired) electrons. The molecule has 0 saturated carbocycles. The van der Waals surface area contributed by atoms with E-state index in [4.69, 9.17) is 5.73 Å². The molecule has 1 atom stereocenters. The molecule has 0 aromatic carbocycles. The van der Waals surface area contributed by atoms with Crippen molar-refractivity contribution in [3.63, 3.8) is 0 Å². The van der Waals surface area contributed by atoms with Crippen LogP contribution >= 0.6 is 0 Å². The Morgan fingerprint density at radius 3 is 2.94 bits per heavy atom. The summed E-state index contributed by atoms with van der Waals surface area (Å²) < 4.78 is 0. The largest absolute Gasteiger partial charge is 0.370 e. The molecule has 1 rings (SSSR count). The van der Waals surface area contributed by atoms with Crippen LogP contribution in [0.15, 0.2) is 0 Å². The maximum Gasteiger partial charge on any atom is 0.222 e. The Bertz CT molecular complexity index is 266. The lowest BCUT2D eigenvalue weighted by atomic mass is 9.98. The van der Waals surface area contributed by atoms with Gasteiger partial charge in [-0.25, -0.2) is 0 Å². The topological polar surface area (TPSA) is 63.4 Å². The van der Waals surface area contributed by atoms with Gasteiger partial charge in [-0.05, 0) is 31.6 Å². The molecule has 2 N–H and O–H groups in total. The SMILES string of the molecule is CCCC1CCCC(=O)N(CCCC(N)=O)C1. The molecular weight excluding hydrogens is 216 g/mol. The smallest absolute Gasteiger partial charge is 0.222 e. The lowest BCUT2D eigenvalue weighted by molar-refractivity contribution is -0.131. The second kappa shape index (κ2) is 7.30. The van der Waals surface area contributed by atoms with Gasteiger partial charge in [0.05, 0.1) is 0 Å². The van der Waals surface area contributed by atoms with E-state index in [0.717, 1.165) is 19.4 Å². The highest BCUT2D eigenvalue weighted by Gasteiger charge is 2.22. The van der Waals surface area contributed by atoms with E-state index < -0.39 is 0 Å². The third-order valence-corrected chi connectivity index (χ3v) is 3.38. The van der Waals surface area contributed by atoms with Gasteiger partial charge in [-0.2, -0.15) is 0 Å². The van der Waals surface area contributed by atoms with Gasteiger partial charge >= 0.3 is 0 Å². The Hall–Kier alpha value is -1.06. The van der Waals surface area contributed by atoms with Crippen LogP contribution in [0.25, 0.3) is 0 Å². The zero-order chi connectivity index (χ0) is 12.7. The fraction of sp³-hybridized carbons (Fsp3) is 0.846. The van der Waals surface area contributed by atoms with Gasteiger partial charge in [-0.15, -0.1) is 0 Å². The number of carbonyl (C=O) groups is 2. The fourth-order valence-electron chi connectivity index (χ4n) is 2.51. The summed E-state index contributed by atoms with van der Waals surface area (Å²) in [6.07, 6.45) is 6.27. The molecule has 1 fully saturated rings. The lowest BCUT2D eigenvalue weighted by Crippen LogP contribution is -2.34. The molecule has 0 aliphatic carbocycles. The first kappa shape index (κ1) is 14.0. The number of nitrogens with two attached hydrogens (primary N) is 1. The summed E-state index contributed by atoms with van der Waals surface area (Å²) in [5, 5.41) is 0. The Morgan fingerprint density at radius 2 is 2.29 bits per heavy atom. The molecule has 4 heteroatoms. The molecule has 1 unspecified atom stereocenters. The molecule has 1 heterocycles. The molecule has 98 valence electrons. The Morgan fingerprint density at radius 1 is 1.53 bits per heavy atom. The van der Waals surface area contributed by atoms with Gasteiger partial charge in [0.25, 0.3) is 0 Å². The van der Waals surface area contributed by atoms with Crippen LogP contribution in [0.4, 0.5) is 0 Å². The van der Waals surface area contributed by atoms with Gasteiger partial charge in [-0.1, -0.05) is 13.3 Å². The summed E-state index contributed by atoms with van der Waals surface area (Å²) in [4.78, 5) is 24.5. The maximum atomic E-state index is 11.8. The van der Waals surface area contributed by atoms with E-state index in [1.165, 1.54) is 12.8 Å². The van der Waals surface area contributed by atoms with Gasteiger partial charge in [0, 0.05) is 25.9 Å². The average molecular weight is 240 g/mol. The number of hydrogen-bond acceptors (Lipinski definition) is 2. The van der Waals surface area contributed by atoms with Gasteiger partial charge in [0.15, 0.2) is 0 Å². The zero-order valence-electron chi connectivity index (χ0n) is 10.8. The molecule has 1 aliphatic rings. The first-order valence-corrected chi connectivity index (χ1v) is 6.69. The lowest BCUT2D eigenvalue weighted by Gasteiger charge is -2.24. The maximum absolute atomic E-state index is 11.8. The van der Waals surface area contributed by atoms with Crippen molar-refractivity contribution >= 4 is 11.8 Å². The van der Waals surface area contributed by atoms with Crippen LogP contribution in [0.3, 0.4) is 0 Å². The number of likely N-dealkylation sites (tertiary alicyclic amines) is 1. The van der Waals surface area contributed by atoms with E-state index in [0.29, 0.717) is 31.7 Å². The van der Waals surface area contributed by atoms with Crippen molar-refractivity contribution in [2.75, 3.05) is 13.1 Å². The van der Waals surface area contributed by atoms with Gasteiger partial charge in [0.1, 0.15) is 0 Å². The molecule has 0 spiro atoms. The molecule has 2 amide bonds. The number of amides is 2. The molecule has 0 aromatic heterocycles. The summed E-state index contributed by atoms with van der Waals surface area (Å²) in [5.74, 6) is 0.602. The summed E-state index contributed by atoms with van der Waals surface area (Å²) in [7, 11) is 0. The van der Waals surface area contributed by atoms with E-state index in [2.05, 4.69) is 6.92 Å². The summed E-state index contributed by atoms with van der Waals surface area (Å²) in [6, 6.07) is 0. The van der Waals surface area contributed by atoms with Crippen LogP contribution in [-0.2, 0) is 9.59 Å². The standard InChI is InChI=1S/C13H24N2O2/c1-2-5-11-6-3-8-13(17)15(10-11)9-4-7-12(14)16/h11H,2-10H2,1H3,(H2,14,16). The van der Waals surface area contributed by atoms with E-state index in [1.807, 2.05) is 4.90 Å². The number of primary amides is 1. The second-order valence-corrected chi connectivity index (χ2v) is 4.96. The number of hydrogen-bond donors (Lipinski definition) is 1. The summed E-state index contributed by atoms with van der Waals surface area (Å²) >= 11 is 0. The van der Waals surface area contributed by atoms with Gasteiger partial charge in [0.2, 0.25) is 11.8 Å². The Kier molecular flexibility index (Phi) is 6.01. The molecular formula is C13H24N2O2. The predicted molar refractivity (Wildman–Crippen MR) is 67.3 cm³/mol. The van der Waals surface area contributed by atoms with Crippen LogP contribution < -0.4 is 5.73 Å². The van der Waals surface area contributed by atoms with Crippen molar-refractivity contribution in [1.82, 2.24) is 4.90 Å². The summed E-state index contributed by atoms with van der Waals surface area (Å²) in [5.41, 5.74) is 5.11. The van der Waals surface area contributed by atoms with Crippen LogP contribution in [-0.4, -0.2) is 29.8 Å². The molecule has 1 saturated heterocycles. The van der Waals surface area contributed by atoms with Crippen LogP contribution in [0.1, 0.15) is 51.9 Å². The predicted octanol–water partition coefficient (Wildman–Crippen LogP) is 1.68. The Balaban J connectivity index is 2.41. The van der Waals surface area contributed by atoms with Crippen molar-refractivity contribution < 1.29 is 9.59 Å². The van der Waals surface area contributed by atoms with Crippen LogP contribution in [0.2, 0.25) is 0 Å². The van der Waals surface area contributed by atoms with Crippen molar-refractivity contribution in [3.8, 4) is 0 Å². The van der Waals surface area contributed by atoms with E-state index in [9.17, 15) is 9.59 Å². The van der Waals surface area contributed by atoms with Crippen LogP contribution in [0, 0.1) is 5.92 Å². The number of carbonyl (C=O) groups excluding carboxylic acids is 2. The third-order valence-electron chi connectivity index (χ3n) is 3.38. The molecule has 0 bridgehead atoms. The first-order valence-electron chi connectivity index (χ1n) is 6.69. The minimum atomic E-state index is -0.280. The third kappa shape index (κ3) is 5.20. The minimum Gasteiger partial charge on any atom is -0.370 e. The highest BCUT2D eigenvalue weighted by Crippen LogP contribution is 2.21. The van der Waals surface area contributed by atoms with Crippen molar-refractivity contribution in [2.24, 2.45) is 11.7 Å². The first-order chi connectivity index (χ1) is 8.13. The van der Waals surface area contributed by atoms with Crippen LogP contribution in [0.5, 0.6) is 0 Å². The number of nitrogens with zero attached hydrogens (tertiary/aromatic N) is 1. The van der Waals surface area contributed by atoms with E-state index in [-0.39, 0.29) is 11.8 Å². The monoisotopic (exact) mass is 240 g/mol. The normalized spacial score (nSPS) is 21.4. The fourth-order valence-corrected chi connectivity index (χ4v) is 2.51.